The fraction of sp³-hybridized carbons (Fsp3) is 0.105. The van der Waals surface area contributed by atoms with Crippen LogP contribution < -0.4 is 15.5 Å². The number of benzene rings is 2. The van der Waals surface area contributed by atoms with E-state index in [9.17, 15) is 14.7 Å². The van der Waals surface area contributed by atoms with Crippen LogP contribution in [-0.2, 0) is 11.2 Å². The third kappa shape index (κ3) is 5.61. The Morgan fingerprint density at radius 1 is 1.23 bits per heavy atom. The Kier molecular flexibility index (Phi) is 7.09. The number of carbonyl (C=O) groups is 2. The van der Waals surface area contributed by atoms with Crippen LogP contribution in [0.15, 0.2) is 52.0 Å². The highest BCUT2D eigenvalue weighted by atomic mass is 79.9. The number of hydrogen-bond donors (Lipinski definition) is 3. The van der Waals surface area contributed by atoms with Gasteiger partial charge >= 0.3 is 0 Å². The molecule has 3 aromatic rings. The summed E-state index contributed by atoms with van der Waals surface area (Å²) in [5.41, 5.74) is 3.22. The predicted molar refractivity (Wildman–Crippen MR) is 116 cm³/mol. The molecule has 0 aliphatic rings. The lowest BCUT2D eigenvalue weighted by molar-refractivity contribution is -0.120. The zero-order chi connectivity index (χ0) is 21.5. The van der Waals surface area contributed by atoms with Gasteiger partial charge in [0.05, 0.1) is 19.7 Å². The van der Waals surface area contributed by atoms with E-state index in [0.717, 1.165) is 15.8 Å². The van der Waals surface area contributed by atoms with E-state index >= 15 is 0 Å². The zero-order valence-corrected chi connectivity index (χ0v) is 18.0. The van der Waals surface area contributed by atoms with Crippen LogP contribution in [0.25, 0.3) is 0 Å². The maximum atomic E-state index is 12.2. The van der Waals surface area contributed by atoms with E-state index in [4.69, 9.17) is 4.74 Å². The molecule has 0 fully saturated rings. The highest BCUT2D eigenvalue weighted by molar-refractivity contribution is 9.10. The first kappa shape index (κ1) is 21.4. The van der Waals surface area contributed by atoms with Crippen molar-refractivity contribution in [1.29, 1.82) is 0 Å². The molecule has 30 heavy (non-hydrogen) atoms. The fourth-order valence-electron chi connectivity index (χ4n) is 2.30. The smallest absolute Gasteiger partial charge is 0.257 e. The number of para-hydroxylation sites is 1. The number of phenols is 1. The molecule has 0 saturated carbocycles. The van der Waals surface area contributed by atoms with Gasteiger partial charge < -0.3 is 9.84 Å². The summed E-state index contributed by atoms with van der Waals surface area (Å²) >= 11 is 4.40. The number of aromatic hydroxyl groups is 1. The summed E-state index contributed by atoms with van der Waals surface area (Å²) in [5, 5.41) is 24.9. The zero-order valence-electron chi connectivity index (χ0n) is 15.6. The van der Waals surface area contributed by atoms with E-state index in [1.54, 1.807) is 42.5 Å². The number of hydrogen-bond acceptors (Lipinski definition) is 8. The number of rotatable bonds is 7. The lowest BCUT2D eigenvalue weighted by Crippen LogP contribution is -2.19. The molecule has 1 heterocycles. The van der Waals surface area contributed by atoms with Crippen LogP contribution >= 0.6 is 27.3 Å². The van der Waals surface area contributed by atoms with Gasteiger partial charge in [-0.25, -0.2) is 5.43 Å². The molecule has 11 heteroatoms. The van der Waals surface area contributed by atoms with Crippen molar-refractivity contribution < 1.29 is 19.4 Å². The minimum Gasteiger partial charge on any atom is -0.504 e. The number of carbonyl (C=O) groups excluding carboxylic acids is 2. The Morgan fingerprint density at radius 2 is 2.00 bits per heavy atom. The molecule has 2 aromatic carbocycles. The number of aromatic nitrogens is 2. The standard InChI is InChI=1S/C19H16BrN5O4S/c1-29-14-4-2-3-12(17(14)27)10-21-23-15(26)9-16-24-25-19(30-16)22-18(28)11-5-7-13(20)8-6-11/h2-8,10,27H,9H2,1H3,(H,23,26)(H,22,25,28)/b21-10-. The van der Waals surface area contributed by atoms with Gasteiger partial charge in [-0.1, -0.05) is 33.3 Å². The predicted octanol–water partition coefficient (Wildman–Crippen LogP) is 2.96. The van der Waals surface area contributed by atoms with Crippen LogP contribution in [0.5, 0.6) is 11.5 Å². The Labute approximate surface area is 183 Å². The first-order valence-electron chi connectivity index (χ1n) is 8.53. The molecule has 0 bridgehead atoms. The molecule has 0 saturated heterocycles. The van der Waals surface area contributed by atoms with Crippen molar-refractivity contribution in [1.82, 2.24) is 15.6 Å². The normalized spacial score (nSPS) is 10.7. The van der Waals surface area contributed by atoms with Gasteiger partial charge in [-0.2, -0.15) is 5.10 Å². The number of amides is 2. The Morgan fingerprint density at radius 3 is 2.73 bits per heavy atom. The maximum Gasteiger partial charge on any atom is 0.257 e. The SMILES string of the molecule is COc1cccc(/C=N\NC(=O)Cc2nnc(NC(=O)c3ccc(Br)cc3)s2)c1O. The number of methoxy groups -OCH3 is 1. The Balaban J connectivity index is 1.53. The van der Waals surface area contributed by atoms with Crippen LogP contribution in [-0.4, -0.2) is 40.4 Å². The average molecular weight is 490 g/mol. The molecule has 2 amide bonds. The largest absolute Gasteiger partial charge is 0.504 e. The number of nitrogens with zero attached hydrogens (tertiary/aromatic N) is 3. The third-order valence-electron chi connectivity index (χ3n) is 3.75. The van der Waals surface area contributed by atoms with Gasteiger partial charge in [0, 0.05) is 15.6 Å². The molecule has 0 unspecified atom stereocenters. The van der Waals surface area contributed by atoms with Crippen LogP contribution in [0, 0.1) is 0 Å². The maximum absolute atomic E-state index is 12.2. The van der Waals surface area contributed by atoms with Gasteiger partial charge in [-0.05, 0) is 36.4 Å². The summed E-state index contributed by atoms with van der Waals surface area (Å²) in [7, 11) is 1.44. The van der Waals surface area contributed by atoms with Crippen molar-refractivity contribution in [3.63, 3.8) is 0 Å². The summed E-state index contributed by atoms with van der Waals surface area (Å²) in [6.45, 7) is 0. The molecule has 0 radical (unpaired) electrons. The van der Waals surface area contributed by atoms with Crippen LogP contribution in [0.3, 0.4) is 0 Å². The van der Waals surface area contributed by atoms with E-state index in [1.165, 1.54) is 13.3 Å². The van der Waals surface area contributed by atoms with Crippen LogP contribution in [0.1, 0.15) is 20.9 Å². The summed E-state index contributed by atoms with van der Waals surface area (Å²) in [6, 6.07) is 11.8. The average Bonchev–Trinajstić information content (AvgIpc) is 3.16. The van der Waals surface area contributed by atoms with Gasteiger partial charge in [0.25, 0.3) is 5.91 Å². The van der Waals surface area contributed by atoms with E-state index in [0.29, 0.717) is 21.9 Å². The van der Waals surface area contributed by atoms with Crippen molar-refractivity contribution >= 4 is 50.4 Å². The van der Waals surface area contributed by atoms with Crippen LogP contribution in [0.2, 0.25) is 0 Å². The highest BCUT2D eigenvalue weighted by Gasteiger charge is 2.12. The summed E-state index contributed by atoms with van der Waals surface area (Å²) < 4.78 is 5.88. The van der Waals surface area contributed by atoms with Crippen molar-refractivity contribution in [3.05, 3.63) is 63.1 Å². The van der Waals surface area contributed by atoms with Gasteiger partial charge in [-0.3, -0.25) is 14.9 Å². The molecule has 3 N–H and O–H groups in total. The number of hydrazone groups is 1. The van der Waals surface area contributed by atoms with Gasteiger partial charge in [0.1, 0.15) is 5.01 Å². The van der Waals surface area contributed by atoms with E-state index < -0.39 is 5.91 Å². The molecule has 0 aliphatic heterocycles. The summed E-state index contributed by atoms with van der Waals surface area (Å²) in [4.78, 5) is 24.2. The molecule has 0 aliphatic carbocycles. The van der Waals surface area contributed by atoms with E-state index in [-0.39, 0.29) is 23.2 Å². The Bertz CT molecular complexity index is 1080. The molecule has 9 nitrogen and oxygen atoms in total. The number of halogens is 1. The van der Waals surface area contributed by atoms with Crippen LogP contribution in [0.4, 0.5) is 5.13 Å². The molecule has 3 rings (SSSR count). The molecule has 1 aromatic heterocycles. The summed E-state index contributed by atoms with van der Waals surface area (Å²) in [5.74, 6) is -0.516. The second-order valence-corrected chi connectivity index (χ2v) is 7.81. The second-order valence-electron chi connectivity index (χ2n) is 5.83. The quantitative estimate of drug-likeness (QED) is 0.346. The first-order valence-corrected chi connectivity index (χ1v) is 10.1. The van der Waals surface area contributed by atoms with Crippen molar-refractivity contribution in [2.45, 2.75) is 6.42 Å². The molecular formula is C19H16BrN5O4S. The van der Waals surface area contributed by atoms with Gasteiger partial charge in [0.15, 0.2) is 11.5 Å². The highest BCUT2D eigenvalue weighted by Crippen LogP contribution is 2.27. The summed E-state index contributed by atoms with van der Waals surface area (Å²) in [6.07, 6.45) is 1.24. The Hall–Kier alpha value is -3.31. The molecule has 0 spiro atoms. The van der Waals surface area contributed by atoms with Gasteiger partial charge in [0.2, 0.25) is 11.0 Å². The topological polar surface area (TPSA) is 126 Å². The third-order valence-corrected chi connectivity index (χ3v) is 5.12. The van der Waals surface area contributed by atoms with E-state index in [2.05, 4.69) is 42.0 Å². The fourth-order valence-corrected chi connectivity index (χ4v) is 3.30. The van der Waals surface area contributed by atoms with Crippen molar-refractivity contribution in [2.24, 2.45) is 5.10 Å². The number of phenolic OH excluding ortho intramolecular Hbond substituents is 1. The van der Waals surface area contributed by atoms with Crippen molar-refractivity contribution in [3.8, 4) is 11.5 Å². The number of ether oxygens (including phenoxy) is 1. The lowest BCUT2D eigenvalue weighted by Gasteiger charge is -2.04. The second kappa shape index (κ2) is 9.94. The van der Waals surface area contributed by atoms with Crippen molar-refractivity contribution in [2.75, 3.05) is 12.4 Å². The monoisotopic (exact) mass is 489 g/mol. The molecule has 0 atom stereocenters. The first-order chi connectivity index (χ1) is 14.5. The lowest BCUT2D eigenvalue weighted by atomic mass is 10.2. The molecule has 154 valence electrons. The number of anilines is 1. The minimum absolute atomic E-state index is 0.0622. The molecular weight excluding hydrogens is 474 g/mol. The number of nitrogens with one attached hydrogen (secondary N) is 2. The van der Waals surface area contributed by atoms with E-state index in [1.807, 2.05) is 0 Å². The minimum atomic E-state index is -0.421. The van der Waals surface area contributed by atoms with Gasteiger partial charge in [-0.15, -0.1) is 10.2 Å².